The van der Waals surface area contributed by atoms with Crippen LogP contribution in [0.4, 0.5) is 0 Å². The lowest BCUT2D eigenvalue weighted by molar-refractivity contribution is -0.00840. The van der Waals surface area contributed by atoms with E-state index >= 15 is 0 Å². The lowest BCUT2D eigenvalue weighted by atomic mass is 9.86. The molecule has 3 nitrogen and oxygen atoms in total. The summed E-state index contributed by atoms with van der Waals surface area (Å²) in [7, 11) is 0. The molecule has 0 aliphatic carbocycles. The van der Waals surface area contributed by atoms with Crippen LogP contribution >= 0.6 is 0 Å². The zero-order valence-electron chi connectivity index (χ0n) is 11.0. The number of morpholine rings is 1. The first-order valence-corrected chi connectivity index (χ1v) is 6.57. The molecule has 0 aromatic carbocycles. The van der Waals surface area contributed by atoms with E-state index in [1.54, 1.807) is 0 Å². The van der Waals surface area contributed by atoms with Crippen LogP contribution in [0, 0.1) is 5.92 Å². The van der Waals surface area contributed by atoms with Gasteiger partial charge in [0.25, 0.3) is 0 Å². The second kappa shape index (κ2) is 6.58. The van der Waals surface area contributed by atoms with Crippen LogP contribution in [0.15, 0.2) is 0 Å². The second-order valence-corrected chi connectivity index (χ2v) is 5.52. The Morgan fingerprint density at radius 1 is 1.56 bits per heavy atom. The minimum atomic E-state index is -0.563. The Morgan fingerprint density at radius 3 is 2.88 bits per heavy atom. The van der Waals surface area contributed by atoms with Crippen molar-refractivity contribution in [3.63, 3.8) is 0 Å². The van der Waals surface area contributed by atoms with Gasteiger partial charge in [-0.3, -0.25) is 0 Å². The van der Waals surface area contributed by atoms with Crippen molar-refractivity contribution in [2.45, 2.75) is 58.1 Å². The maximum Gasteiger partial charge on any atom is 0.0638 e. The van der Waals surface area contributed by atoms with Gasteiger partial charge in [0.05, 0.1) is 18.8 Å². The van der Waals surface area contributed by atoms with Crippen LogP contribution in [0.25, 0.3) is 0 Å². The van der Waals surface area contributed by atoms with Crippen LogP contribution in [0.2, 0.25) is 0 Å². The molecule has 1 saturated heterocycles. The summed E-state index contributed by atoms with van der Waals surface area (Å²) in [5.74, 6) is 0.601. The summed E-state index contributed by atoms with van der Waals surface area (Å²) >= 11 is 0. The Hall–Kier alpha value is -0.120. The van der Waals surface area contributed by atoms with Gasteiger partial charge in [0.15, 0.2) is 0 Å². The number of hydrogen-bond donors (Lipinski definition) is 2. The molecule has 96 valence electrons. The zero-order chi connectivity index (χ0) is 12.0. The third-order valence-electron chi connectivity index (χ3n) is 3.25. The highest BCUT2D eigenvalue weighted by molar-refractivity contribution is 4.83. The average Bonchev–Trinajstić information content (AvgIpc) is 2.17. The van der Waals surface area contributed by atoms with Gasteiger partial charge in [-0.1, -0.05) is 26.7 Å². The van der Waals surface area contributed by atoms with Gasteiger partial charge in [-0.05, 0) is 25.7 Å². The largest absolute Gasteiger partial charge is 0.390 e. The van der Waals surface area contributed by atoms with E-state index < -0.39 is 5.60 Å². The molecular formula is C13H27NO2. The third kappa shape index (κ3) is 5.28. The number of nitrogens with one attached hydrogen (secondary N) is 1. The second-order valence-electron chi connectivity index (χ2n) is 5.52. The van der Waals surface area contributed by atoms with Crippen LogP contribution in [0.5, 0.6) is 0 Å². The van der Waals surface area contributed by atoms with Gasteiger partial charge in [-0.2, -0.15) is 0 Å². The van der Waals surface area contributed by atoms with E-state index in [9.17, 15) is 5.11 Å². The van der Waals surface area contributed by atoms with Gasteiger partial charge in [0.2, 0.25) is 0 Å². The molecule has 1 heterocycles. The van der Waals surface area contributed by atoms with Crippen LogP contribution < -0.4 is 5.32 Å². The van der Waals surface area contributed by atoms with E-state index in [1.807, 2.05) is 6.92 Å². The van der Waals surface area contributed by atoms with E-state index in [2.05, 4.69) is 19.2 Å². The molecule has 1 fully saturated rings. The third-order valence-corrected chi connectivity index (χ3v) is 3.25. The first kappa shape index (κ1) is 13.9. The highest BCUT2D eigenvalue weighted by Gasteiger charge is 2.28. The van der Waals surface area contributed by atoms with Gasteiger partial charge in [-0.25, -0.2) is 0 Å². The molecule has 1 aliphatic rings. The molecular weight excluding hydrogens is 202 g/mol. The highest BCUT2D eigenvalue weighted by atomic mass is 16.5. The fourth-order valence-corrected chi connectivity index (χ4v) is 2.71. The zero-order valence-corrected chi connectivity index (χ0v) is 11.0. The molecule has 1 rings (SSSR count). The molecule has 3 unspecified atom stereocenters. The van der Waals surface area contributed by atoms with Crippen molar-refractivity contribution in [1.82, 2.24) is 5.32 Å². The summed E-state index contributed by atoms with van der Waals surface area (Å²) in [6.45, 7) is 8.81. The van der Waals surface area contributed by atoms with E-state index in [1.165, 1.54) is 12.8 Å². The highest BCUT2D eigenvalue weighted by Crippen LogP contribution is 2.25. The smallest absolute Gasteiger partial charge is 0.0638 e. The normalized spacial score (nSPS) is 27.4. The van der Waals surface area contributed by atoms with E-state index in [0.29, 0.717) is 12.0 Å². The summed E-state index contributed by atoms with van der Waals surface area (Å²) in [4.78, 5) is 0. The summed E-state index contributed by atoms with van der Waals surface area (Å²) in [5, 5.41) is 13.8. The van der Waals surface area contributed by atoms with E-state index in [0.717, 1.165) is 32.6 Å². The first-order valence-electron chi connectivity index (χ1n) is 6.57. The Balaban J connectivity index is 2.31. The lowest BCUT2D eigenvalue weighted by Gasteiger charge is -2.33. The molecule has 0 bridgehead atoms. The van der Waals surface area contributed by atoms with Crippen LogP contribution in [-0.2, 0) is 4.74 Å². The van der Waals surface area contributed by atoms with E-state index in [4.69, 9.17) is 4.74 Å². The Morgan fingerprint density at radius 2 is 2.31 bits per heavy atom. The minimum absolute atomic E-state index is 0.317. The predicted molar refractivity (Wildman–Crippen MR) is 66.5 cm³/mol. The monoisotopic (exact) mass is 229 g/mol. The number of rotatable bonds is 6. The molecule has 0 saturated carbocycles. The quantitative estimate of drug-likeness (QED) is 0.731. The maximum atomic E-state index is 10.4. The van der Waals surface area contributed by atoms with Crippen molar-refractivity contribution in [2.24, 2.45) is 5.92 Å². The molecule has 1 aliphatic heterocycles. The molecule has 0 amide bonds. The summed E-state index contributed by atoms with van der Waals surface area (Å²) < 4.78 is 5.41. The fraction of sp³-hybridized carbons (Fsp3) is 1.00. The van der Waals surface area contributed by atoms with Gasteiger partial charge >= 0.3 is 0 Å². The molecule has 2 N–H and O–H groups in total. The van der Waals surface area contributed by atoms with Gasteiger partial charge < -0.3 is 15.2 Å². The summed E-state index contributed by atoms with van der Waals surface area (Å²) in [5.41, 5.74) is -0.563. The van der Waals surface area contributed by atoms with Crippen molar-refractivity contribution < 1.29 is 9.84 Å². The van der Waals surface area contributed by atoms with Gasteiger partial charge in [0.1, 0.15) is 0 Å². The summed E-state index contributed by atoms with van der Waals surface area (Å²) in [6.07, 6.45) is 4.08. The number of hydrogen-bond acceptors (Lipinski definition) is 3. The molecule has 16 heavy (non-hydrogen) atoms. The standard InChI is InChI=1S/C13H27NO2/c1-4-5-11(2)8-13(3,15)9-12-10-16-7-6-14-12/h11-12,14-15H,4-10H2,1-3H3. The molecule has 0 radical (unpaired) electrons. The van der Waals surface area contributed by atoms with Crippen molar-refractivity contribution in [1.29, 1.82) is 0 Å². The molecule has 3 heteroatoms. The SMILES string of the molecule is CCCC(C)CC(C)(O)CC1COCCN1. The van der Waals surface area contributed by atoms with Crippen LogP contribution in [0.3, 0.4) is 0 Å². The van der Waals surface area contributed by atoms with Crippen molar-refractivity contribution in [2.75, 3.05) is 19.8 Å². The Kier molecular flexibility index (Phi) is 5.73. The number of ether oxygens (including phenoxy) is 1. The minimum Gasteiger partial charge on any atom is -0.390 e. The Labute approximate surface area is 99.6 Å². The van der Waals surface area contributed by atoms with E-state index in [-0.39, 0.29) is 0 Å². The van der Waals surface area contributed by atoms with Gasteiger partial charge in [0, 0.05) is 12.6 Å². The number of aliphatic hydroxyl groups is 1. The topological polar surface area (TPSA) is 41.5 Å². The maximum absolute atomic E-state index is 10.4. The molecule has 0 spiro atoms. The molecule has 0 aromatic rings. The molecule has 0 aromatic heterocycles. The van der Waals surface area contributed by atoms with Crippen molar-refractivity contribution in [3.05, 3.63) is 0 Å². The Bertz CT molecular complexity index is 188. The predicted octanol–water partition coefficient (Wildman–Crippen LogP) is 1.94. The summed E-state index contributed by atoms with van der Waals surface area (Å²) in [6, 6.07) is 0.317. The van der Waals surface area contributed by atoms with Crippen molar-refractivity contribution in [3.8, 4) is 0 Å². The lowest BCUT2D eigenvalue weighted by Crippen LogP contribution is -2.46. The first-order chi connectivity index (χ1) is 7.53. The molecule has 3 atom stereocenters. The van der Waals surface area contributed by atoms with Gasteiger partial charge in [-0.15, -0.1) is 0 Å². The fourth-order valence-electron chi connectivity index (χ4n) is 2.71. The van der Waals surface area contributed by atoms with Crippen molar-refractivity contribution >= 4 is 0 Å². The van der Waals surface area contributed by atoms with Crippen LogP contribution in [0.1, 0.15) is 46.5 Å². The average molecular weight is 229 g/mol. The van der Waals surface area contributed by atoms with Crippen LogP contribution in [-0.4, -0.2) is 36.5 Å².